The first-order valence-electron chi connectivity index (χ1n) is 11.6. The summed E-state index contributed by atoms with van der Waals surface area (Å²) in [6, 6.07) is 2.82. The van der Waals surface area contributed by atoms with E-state index in [1.165, 1.54) is 0 Å². The molecular weight excluding hydrogens is 502 g/mol. The Labute approximate surface area is 218 Å². The fraction of sp³-hybridized carbons (Fsp3) is 0.435. The average Bonchev–Trinajstić information content (AvgIpc) is 2.83. The third-order valence-corrected chi connectivity index (χ3v) is 5.29. The zero-order valence-corrected chi connectivity index (χ0v) is 20.6. The molecule has 0 bridgehead atoms. The number of carbonyl (C=O) groups excluding carboxylic acids is 6. The number of amides is 6. The van der Waals surface area contributed by atoms with Crippen molar-refractivity contribution in [3.63, 3.8) is 0 Å². The summed E-state index contributed by atoms with van der Waals surface area (Å²) in [7, 11) is 0. The molecule has 0 aliphatic heterocycles. The topological polar surface area (TPSA) is 280 Å². The maximum Gasteiger partial charge on any atom is 0.326 e. The van der Waals surface area contributed by atoms with Crippen molar-refractivity contribution in [1.82, 2.24) is 16.0 Å². The largest absolute Gasteiger partial charge is 0.480 e. The predicted molar refractivity (Wildman–Crippen MR) is 132 cm³/mol. The van der Waals surface area contributed by atoms with Crippen molar-refractivity contribution in [1.29, 1.82) is 0 Å². The Bertz CT molecular complexity index is 1030. The summed E-state index contributed by atoms with van der Waals surface area (Å²) in [5.74, 6) is -6.66. The molecule has 0 heterocycles. The van der Waals surface area contributed by atoms with Gasteiger partial charge in [0.25, 0.3) is 0 Å². The van der Waals surface area contributed by atoms with E-state index in [2.05, 4.69) is 16.0 Å². The van der Waals surface area contributed by atoms with Crippen LogP contribution in [0.25, 0.3) is 0 Å². The van der Waals surface area contributed by atoms with E-state index < -0.39 is 72.0 Å². The van der Waals surface area contributed by atoms with Gasteiger partial charge in [0, 0.05) is 19.3 Å². The highest BCUT2D eigenvalue weighted by molar-refractivity contribution is 5.96. The van der Waals surface area contributed by atoms with Crippen LogP contribution in [0.4, 0.5) is 0 Å². The van der Waals surface area contributed by atoms with E-state index in [0.29, 0.717) is 5.56 Å². The fourth-order valence-electron chi connectivity index (χ4n) is 3.27. The van der Waals surface area contributed by atoms with Crippen molar-refractivity contribution in [3.8, 4) is 0 Å². The lowest BCUT2D eigenvalue weighted by molar-refractivity contribution is -0.142. The van der Waals surface area contributed by atoms with E-state index in [4.69, 9.17) is 22.9 Å². The number of benzene rings is 1. The SMILES string of the molecule is NC(=O)CCC(N)C(=O)NC(CC(N)=O)C(=O)NC(CCC(N)=O)C(=O)NC(Cc1ccccc1)C(=O)O. The van der Waals surface area contributed by atoms with E-state index in [9.17, 15) is 38.7 Å². The van der Waals surface area contributed by atoms with Crippen molar-refractivity contribution in [3.05, 3.63) is 35.9 Å². The average molecular weight is 536 g/mol. The van der Waals surface area contributed by atoms with Gasteiger partial charge >= 0.3 is 5.97 Å². The Morgan fingerprint density at radius 1 is 0.684 bits per heavy atom. The molecule has 12 N–H and O–H groups in total. The molecular formula is C23H33N7O8. The Kier molecular flexibility index (Phi) is 12.9. The lowest BCUT2D eigenvalue weighted by Gasteiger charge is -2.24. The standard InChI is InChI=1S/C23H33N7O8/c24-13(6-8-17(25)31)20(34)29-15(11-19(27)33)22(36)28-14(7-9-18(26)32)21(35)30-16(23(37)38)10-12-4-2-1-3-5-12/h1-5,13-16H,6-11,24H2,(H2,25,31)(H2,26,32)(H2,27,33)(H,28,36)(H,29,34)(H,30,35)(H,37,38). The summed E-state index contributed by atoms with van der Waals surface area (Å²) in [6.07, 6.45) is -1.73. The first kappa shape index (κ1) is 31.5. The van der Waals surface area contributed by atoms with Crippen LogP contribution in [-0.4, -0.2) is 70.7 Å². The molecule has 38 heavy (non-hydrogen) atoms. The number of carbonyl (C=O) groups is 7. The van der Waals surface area contributed by atoms with Crippen molar-refractivity contribution >= 4 is 41.4 Å². The molecule has 15 nitrogen and oxygen atoms in total. The second-order valence-corrected chi connectivity index (χ2v) is 8.50. The number of nitrogens with one attached hydrogen (secondary N) is 3. The van der Waals surface area contributed by atoms with Crippen LogP contribution in [0.3, 0.4) is 0 Å². The molecule has 1 aromatic carbocycles. The first-order chi connectivity index (χ1) is 17.8. The number of carboxylic acids is 1. The van der Waals surface area contributed by atoms with E-state index in [1.54, 1.807) is 30.3 Å². The molecule has 6 amide bonds. The molecule has 208 valence electrons. The number of nitrogens with two attached hydrogens (primary N) is 4. The number of carboxylic acid groups (broad SMARTS) is 1. The van der Waals surface area contributed by atoms with Crippen LogP contribution in [0.5, 0.6) is 0 Å². The lowest BCUT2D eigenvalue weighted by atomic mass is 10.0. The van der Waals surface area contributed by atoms with E-state index >= 15 is 0 Å². The second kappa shape index (κ2) is 15.6. The van der Waals surface area contributed by atoms with E-state index in [-0.39, 0.29) is 32.1 Å². The minimum atomic E-state index is -1.57. The number of hydrogen-bond donors (Lipinski definition) is 8. The molecule has 1 rings (SSSR count). The van der Waals surface area contributed by atoms with Crippen LogP contribution in [0.2, 0.25) is 0 Å². The summed E-state index contributed by atoms with van der Waals surface area (Å²) < 4.78 is 0. The summed E-state index contributed by atoms with van der Waals surface area (Å²) in [5, 5.41) is 16.4. The van der Waals surface area contributed by atoms with Crippen molar-refractivity contribution in [2.24, 2.45) is 22.9 Å². The molecule has 1 aromatic rings. The summed E-state index contributed by atoms with van der Waals surface area (Å²) in [6.45, 7) is 0. The molecule has 0 aromatic heterocycles. The molecule has 0 radical (unpaired) electrons. The van der Waals surface area contributed by atoms with Crippen molar-refractivity contribution < 1.29 is 38.7 Å². The molecule has 0 saturated carbocycles. The van der Waals surface area contributed by atoms with Crippen molar-refractivity contribution in [2.45, 2.75) is 62.7 Å². The van der Waals surface area contributed by atoms with Crippen LogP contribution in [0.1, 0.15) is 37.7 Å². The van der Waals surface area contributed by atoms with Crippen LogP contribution in [0.15, 0.2) is 30.3 Å². The van der Waals surface area contributed by atoms with Crippen LogP contribution in [-0.2, 0) is 40.0 Å². The molecule has 0 aliphatic carbocycles. The maximum atomic E-state index is 12.9. The monoisotopic (exact) mass is 535 g/mol. The maximum absolute atomic E-state index is 12.9. The van der Waals surface area contributed by atoms with Crippen LogP contribution < -0.4 is 38.9 Å². The van der Waals surface area contributed by atoms with Gasteiger partial charge in [-0.05, 0) is 18.4 Å². The second-order valence-electron chi connectivity index (χ2n) is 8.50. The number of primary amides is 3. The first-order valence-corrected chi connectivity index (χ1v) is 11.6. The summed E-state index contributed by atoms with van der Waals surface area (Å²) in [5.41, 5.74) is 21.7. The highest BCUT2D eigenvalue weighted by atomic mass is 16.4. The molecule has 0 aliphatic rings. The smallest absolute Gasteiger partial charge is 0.326 e. The molecule has 4 atom stereocenters. The minimum Gasteiger partial charge on any atom is -0.480 e. The Hall–Kier alpha value is -4.53. The van der Waals surface area contributed by atoms with E-state index in [0.717, 1.165) is 0 Å². The lowest BCUT2D eigenvalue weighted by Crippen LogP contribution is -2.58. The van der Waals surface area contributed by atoms with Gasteiger partial charge in [-0.25, -0.2) is 4.79 Å². The Morgan fingerprint density at radius 2 is 1.18 bits per heavy atom. The highest BCUT2D eigenvalue weighted by Crippen LogP contribution is 2.06. The van der Waals surface area contributed by atoms with Gasteiger partial charge in [0.1, 0.15) is 18.1 Å². The zero-order valence-electron chi connectivity index (χ0n) is 20.6. The van der Waals surface area contributed by atoms with E-state index in [1.807, 2.05) is 0 Å². The van der Waals surface area contributed by atoms with Gasteiger partial charge in [-0.3, -0.25) is 28.8 Å². The molecule has 0 spiro atoms. The molecule has 4 unspecified atom stereocenters. The van der Waals surface area contributed by atoms with Gasteiger partial charge in [-0.15, -0.1) is 0 Å². The number of hydrogen-bond acceptors (Lipinski definition) is 8. The molecule has 0 fully saturated rings. The van der Waals surface area contributed by atoms with Gasteiger partial charge in [-0.2, -0.15) is 0 Å². The Balaban J connectivity index is 3.03. The van der Waals surface area contributed by atoms with Gasteiger partial charge in [-0.1, -0.05) is 30.3 Å². The van der Waals surface area contributed by atoms with Crippen molar-refractivity contribution in [2.75, 3.05) is 0 Å². The predicted octanol–water partition coefficient (Wildman–Crippen LogP) is -3.50. The minimum absolute atomic E-state index is 0.0675. The molecule has 15 heteroatoms. The summed E-state index contributed by atoms with van der Waals surface area (Å²) >= 11 is 0. The Morgan fingerprint density at radius 3 is 1.71 bits per heavy atom. The quantitative estimate of drug-likeness (QED) is 0.0980. The van der Waals surface area contributed by atoms with Gasteiger partial charge < -0.3 is 44.0 Å². The molecule has 0 saturated heterocycles. The highest BCUT2D eigenvalue weighted by Gasteiger charge is 2.31. The van der Waals surface area contributed by atoms with Gasteiger partial charge in [0.05, 0.1) is 12.5 Å². The van der Waals surface area contributed by atoms with Crippen LogP contribution in [0, 0.1) is 0 Å². The number of aliphatic carboxylic acids is 1. The van der Waals surface area contributed by atoms with Crippen LogP contribution >= 0.6 is 0 Å². The fourth-order valence-corrected chi connectivity index (χ4v) is 3.27. The number of rotatable bonds is 17. The van der Waals surface area contributed by atoms with Gasteiger partial charge in [0.2, 0.25) is 35.4 Å². The zero-order chi connectivity index (χ0) is 28.8. The third kappa shape index (κ3) is 11.9. The normalized spacial score (nSPS) is 13.7. The third-order valence-electron chi connectivity index (χ3n) is 5.29. The summed E-state index contributed by atoms with van der Waals surface area (Å²) in [4.78, 5) is 83.7. The van der Waals surface area contributed by atoms with Gasteiger partial charge in [0.15, 0.2) is 0 Å².